The van der Waals surface area contributed by atoms with E-state index in [2.05, 4.69) is 15.3 Å². The van der Waals surface area contributed by atoms with E-state index in [-0.39, 0.29) is 5.91 Å². The van der Waals surface area contributed by atoms with Crippen molar-refractivity contribution in [1.82, 2.24) is 25.1 Å². The number of benzene rings is 1. The van der Waals surface area contributed by atoms with Crippen LogP contribution >= 0.6 is 11.8 Å². The molecule has 1 saturated heterocycles. The number of aryl methyl sites for hydroxylation is 1. The van der Waals surface area contributed by atoms with Crippen molar-refractivity contribution in [2.45, 2.75) is 43.8 Å². The number of nitrogens with zero attached hydrogens (tertiary/aromatic N) is 5. The summed E-state index contributed by atoms with van der Waals surface area (Å²) in [6.07, 6.45) is 8.65. The Morgan fingerprint density at radius 1 is 1.16 bits per heavy atom. The van der Waals surface area contributed by atoms with Crippen LogP contribution < -0.4 is 15.0 Å². The summed E-state index contributed by atoms with van der Waals surface area (Å²) in [4.78, 5) is 24.1. The number of fused-ring (bicyclic) bond motifs is 1. The van der Waals surface area contributed by atoms with E-state index in [4.69, 9.17) is 14.7 Å². The lowest BCUT2D eigenvalue weighted by Gasteiger charge is -2.28. The largest absolute Gasteiger partial charge is 0.497 e. The van der Waals surface area contributed by atoms with E-state index >= 15 is 0 Å². The zero-order valence-corrected chi connectivity index (χ0v) is 19.5. The third-order valence-electron chi connectivity index (χ3n) is 5.74. The summed E-state index contributed by atoms with van der Waals surface area (Å²) < 4.78 is 7.04. The maximum absolute atomic E-state index is 12.3. The molecule has 0 atom stereocenters. The standard InChI is InChI=1S/C23H30N6O2S/c1-31-18-9-6-17(7-10-18)8-11-20(30)24-12-15-29-22-19(16-25-29)21(26-23(27-22)32-2)28-13-4-3-5-14-28/h6-7,9-10,16H,3-5,8,11-15H2,1-2H3,(H,24,30). The molecule has 0 unspecified atom stereocenters. The molecule has 2 aromatic heterocycles. The smallest absolute Gasteiger partial charge is 0.220 e. The minimum absolute atomic E-state index is 0.0331. The maximum Gasteiger partial charge on any atom is 0.220 e. The lowest BCUT2D eigenvalue weighted by molar-refractivity contribution is -0.121. The highest BCUT2D eigenvalue weighted by molar-refractivity contribution is 7.98. The maximum atomic E-state index is 12.3. The number of hydrogen-bond donors (Lipinski definition) is 1. The van der Waals surface area contributed by atoms with Crippen LogP contribution in [0, 0.1) is 0 Å². The van der Waals surface area contributed by atoms with Crippen LogP contribution in [0.3, 0.4) is 0 Å². The monoisotopic (exact) mass is 454 g/mol. The van der Waals surface area contributed by atoms with Crippen molar-refractivity contribution in [2.24, 2.45) is 0 Å². The van der Waals surface area contributed by atoms with Gasteiger partial charge in [0.1, 0.15) is 11.6 Å². The third kappa shape index (κ3) is 5.32. The Hall–Kier alpha value is -2.81. The molecule has 1 fully saturated rings. The molecule has 170 valence electrons. The molecule has 3 aromatic rings. The van der Waals surface area contributed by atoms with Gasteiger partial charge in [0, 0.05) is 26.1 Å². The molecule has 0 radical (unpaired) electrons. The third-order valence-corrected chi connectivity index (χ3v) is 6.29. The zero-order chi connectivity index (χ0) is 22.3. The van der Waals surface area contributed by atoms with E-state index in [1.807, 2.05) is 41.4 Å². The van der Waals surface area contributed by atoms with Crippen LogP contribution in [0.2, 0.25) is 0 Å². The molecule has 1 aliphatic rings. The van der Waals surface area contributed by atoms with Gasteiger partial charge in [-0.05, 0) is 49.6 Å². The number of thioether (sulfide) groups is 1. The first-order chi connectivity index (χ1) is 15.7. The summed E-state index contributed by atoms with van der Waals surface area (Å²) in [5.74, 6) is 1.83. The summed E-state index contributed by atoms with van der Waals surface area (Å²) in [6.45, 7) is 3.13. The van der Waals surface area contributed by atoms with Gasteiger partial charge in [0.25, 0.3) is 0 Å². The Labute approximate surface area is 192 Å². The van der Waals surface area contributed by atoms with E-state index in [0.29, 0.717) is 25.9 Å². The quantitative estimate of drug-likeness (QED) is 0.392. The van der Waals surface area contributed by atoms with Gasteiger partial charge in [-0.3, -0.25) is 4.79 Å². The number of amides is 1. The second kappa shape index (κ2) is 10.7. The molecule has 1 aromatic carbocycles. The number of rotatable bonds is 9. The number of carbonyl (C=O) groups excluding carboxylic acids is 1. The number of carbonyl (C=O) groups is 1. The summed E-state index contributed by atoms with van der Waals surface area (Å²) in [5.41, 5.74) is 1.95. The highest BCUT2D eigenvalue weighted by atomic mass is 32.2. The second-order valence-electron chi connectivity index (χ2n) is 7.88. The minimum atomic E-state index is 0.0331. The van der Waals surface area contributed by atoms with Gasteiger partial charge < -0.3 is 15.0 Å². The van der Waals surface area contributed by atoms with E-state index in [1.165, 1.54) is 19.3 Å². The summed E-state index contributed by atoms with van der Waals surface area (Å²) in [6, 6.07) is 7.81. The predicted molar refractivity (Wildman–Crippen MR) is 127 cm³/mol. The molecular formula is C23H30N6O2S. The SMILES string of the molecule is COc1ccc(CCC(=O)NCCn2ncc3c(N4CCCCC4)nc(SC)nc32)cc1. The molecule has 0 aliphatic carbocycles. The van der Waals surface area contributed by atoms with E-state index in [1.54, 1.807) is 18.9 Å². The fourth-order valence-electron chi connectivity index (χ4n) is 3.96. The van der Waals surface area contributed by atoms with E-state index < -0.39 is 0 Å². The van der Waals surface area contributed by atoms with Crippen molar-refractivity contribution in [1.29, 1.82) is 0 Å². The molecular weight excluding hydrogens is 424 g/mol. The first kappa shape index (κ1) is 22.4. The van der Waals surface area contributed by atoms with Crippen molar-refractivity contribution in [3.63, 3.8) is 0 Å². The predicted octanol–water partition coefficient (Wildman–Crippen LogP) is 3.30. The molecule has 1 N–H and O–H groups in total. The molecule has 1 amide bonds. The van der Waals surface area contributed by atoms with Crippen LogP contribution in [0.4, 0.5) is 5.82 Å². The van der Waals surface area contributed by atoms with Crippen molar-refractivity contribution < 1.29 is 9.53 Å². The minimum Gasteiger partial charge on any atom is -0.497 e. The van der Waals surface area contributed by atoms with Crippen molar-refractivity contribution in [3.8, 4) is 5.75 Å². The molecule has 3 heterocycles. The Bertz CT molecular complexity index is 1050. The Balaban J connectivity index is 1.36. The Morgan fingerprint density at radius 2 is 1.94 bits per heavy atom. The molecule has 0 spiro atoms. The van der Waals surface area contributed by atoms with Crippen molar-refractivity contribution in [3.05, 3.63) is 36.0 Å². The fraction of sp³-hybridized carbons (Fsp3) is 0.478. The molecule has 32 heavy (non-hydrogen) atoms. The molecule has 1 aliphatic heterocycles. The average Bonchev–Trinajstić information content (AvgIpc) is 3.25. The molecule has 8 nitrogen and oxygen atoms in total. The van der Waals surface area contributed by atoms with Gasteiger partial charge >= 0.3 is 0 Å². The first-order valence-electron chi connectivity index (χ1n) is 11.1. The van der Waals surface area contributed by atoms with Crippen molar-refractivity contribution >= 4 is 34.5 Å². The highest BCUT2D eigenvalue weighted by Crippen LogP contribution is 2.28. The van der Waals surface area contributed by atoms with Gasteiger partial charge in [-0.15, -0.1) is 0 Å². The van der Waals surface area contributed by atoms with Gasteiger partial charge in [-0.1, -0.05) is 23.9 Å². The number of aromatic nitrogens is 4. The summed E-state index contributed by atoms with van der Waals surface area (Å²) in [7, 11) is 1.65. The number of piperidine rings is 1. The van der Waals surface area contributed by atoms with Crippen LogP contribution in [0.25, 0.3) is 11.0 Å². The van der Waals surface area contributed by atoms with Gasteiger partial charge in [-0.2, -0.15) is 5.10 Å². The lowest BCUT2D eigenvalue weighted by Crippen LogP contribution is -2.30. The van der Waals surface area contributed by atoms with Gasteiger partial charge in [0.15, 0.2) is 10.8 Å². The normalized spacial score (nSPS) is 14.0. The van der Waals surface area contributed by atoms with Crippen LogP contribution in [-0.4, -0.2) is 58.7 Å². The van der Waals surface area contributed by atoms with E-state index in [9.17, 15) is 4.79 Å². The summed E-state index contributed by atoms with van der Waals surface area (Å²) >= 11 is 1.54. The van der Waals surface area contributed by atoms with Gasteiger partial charge in [-0.25, -0.2) is 14.6 Å². The molecule has 0 bridgehead atoms. The zero-order valence-electron chi connectivity index (χ0n) is 18.7. The van der Waals surface area contributed by atoms with Crippen LogP contribution in [-0.2, 0) is 17.8 Å². The van der Waals surface area contributed by atoms with E-state index in [0.717, 1.165) is 46.4 Å². The topological polar surface area (TPSA) is 85.2 Å². The van der Waals surface area contributed by atoms with Crippen molar-refractivity contribution in [2.75, 3.05) is 37.9 Å². The molecule has 0 saturated carbocycles. The lowest BCUT2D eigenvalue weighted by atomic mass is 10.1. The van der Waals surface area contributed by atoms with Crippen LogP contribution in [0.5, 0.6) is 5.75 Å². The fourth-order valence-corrected chi connectivity index (χ4v) is 4.32. The Kier molecular flexibility index (Phi) is 7.47. The molecule has 4 rings (SSSR count). The number of hydrogen-bond acceptors (Lipinski definition) is 7. The van der Waals surface area contributed by atoms with Crippen LogP contribution in [0.1, 0.15) is 31.2 Å². The number of ether oxygens (including phenoxy) is 1. The first-order valence-corrected chi connectivity index (χ1v) is 12.3. The average molecular weight is 455 g/mol. The Morgan fingerprint density at radius 3 is 2.66 bits per heavy atom. The number of nitrogens with one attached hydrogen (secondary N) is 1. The van der Waals surface area contributed by atoms with Gasteiger partial charge in [0.2, 0.25) is 5.91 Å². The molecule has 9 heteroatoms. The number of methoxy groups -OCH3 is 1. The number of anilines is 1. The second-order valence-corrected chi connectivity index (χ2v) is 8.66. The van der Waals surface area contributed by atoms with Gasteiger partial charge in [0.05, 0.1) is 25.2 Å². The summed E-state index contributed by atoms with van der Waals surface area (Å²) in [5, 5.41) is 9.28. The highest BCUT2D eigenvalue weighted by Gasteiger charge is 2.19. The van der Waals surface area contributed by atoms with Crippen LogP contribution in [0.15, 0.2) is 35.6 Å².